The Balaban J connectivity index is 1.55. The molecule has 0 bridgehead atoms. The van der Waals surface area contributed by atoms with Gasteiger partial charge in [-0.1, -0.05) is 48.3 Å². The zero-order valence-corrected chi connectivity index (χ0v) is 14.6. The van der Waals surface area contributed by atoms with Crippen LogP contribution in [-0.2, 0) is 16.1 Å². The minimum absolute atomic E-state index is 0.128. The predicted molar refractivity (Wildman–Crippen MR) is 93.6 cm³/mol. The summed E-state index contributed by atoms with van der Waals surface area (Å²) in [4.78, 5) is 14.6. The lowest BCUT2D eigenvalue weighted by atomic mass is 9.85. The monoisotopic (exact) mass is 340 g/mol. The molecule has 2 aromatic rings. The summed E-state index contributed by atoms with van der Waals surface area (Å²) < 4.78 is 10.6. The van der Waals surface area contributed by atoms with Gasteiger partial charge in [0.25, 0.3) is 0 Å². The molecule has 3 atom stereocenters. The maximum atomic E-state index is 12.3. The third-order valence-corrected chi connectivity index (χ3v) is 5.66. The second-order valence-corrected chi connectivity index (χ2v) is 7.10. The molecule has 1 aromatic carbocycles. The molecule has 25 heavy (non-hydrogen) atoms. The molecule has 1 saturated carbocycles. The van der Waals surface area contributed by atoms with Crippen LogP contribution in [0.15, 0.2) is 40.9 Å². The lowest BCUT2D eigenvalue weighted by Gasteiger charge is -2.32. The Morgan fingerprint density at radius 1 is 1.28 bits per heavy atom. The number of nitrogens with zero attached hydrogens (tertiary/aromatic N) is 2. The Kier molecular flexibility index (Phi) is 4.57. The molecule has 1 aliphatic heterocycles. The first-order chi connectivity index (χ1) is 12.3. The van der Waals surface area contributed by atoms with Crippen LogP contribution in [0.4, 0.5) is 0 Å². The molecule has 132 valence electrons. The Bertz CT molecular complexity index is 728. The minimum Gasteiger partial charge on any atom is -0.468 e. The van der Waals surface area contributed by atoms with Crippen molar-refractivity contribution in [2.24, 2.45) is 5.92 Å². The topological polar surface area (TPSA) is 55.6 Å². The van der Waals surface area contributed by atoms with Crippen molar-refractivity contribution in [1.29, 1.82) is 0 Å². The lowest BCUT2D eigenvalue weighted by Crippen LogP contribution is -2.42. The van der Waals surface area contributed by atoms with E-state index < -0.39 is 0 Å². The van der Waals surface area contributed by atoms with Crippen LogP contribution < -0.4 is 0 Å². The van der Waals surface area contributed by atoms with Gasteiger partial charge in [0.05, 0.1) is 13.7 Å². The van der Waals surface area contributed by atoms with Crippen LogP contribution in [0.3, 0.4) is 0 Å². The number of hydrogen-bond donors (Lipinski definition) is 0. The number of aromatic nitrogens is 1. The van der Waals surface area contributed by atoms with E-state index >= 15 is 0 Å². The molecule has 0 amide bonds. The number of rotatable bonds is 4. The smallest absolute Gasteiger partial charge is 0.323 e. The van der Waals surface area contributed by atoms with Crippen molar-refractivity contribution in [3.05, 3.63) is 42.2 Å². The summed E-state index contributed by atoms with van der Waals surface area (Å²) in [6.07, 6.45) is 5.76. The summed E-state index contributed by atoms with van der Waals surface area (Å²) in [5.41, 5.74) is 1.88. The van der Waals surface area contributed by atoms with E-state index in [-0.39, 0.29) is 12.0 Å². The molecule has 0 N–H and O–H groups in total. The second-order valence-electron chi connectivity index (χ2n) is 7.10. The SMILES string of the molecule is COC(=O)C1CC2CCCCC2N1Cc1cc(-c2ccccc2)no1. The Labute approximate surface area is 147 Å². The van der Waals surface area contributed by atoms with Crippen molar-refractivity contribution in [2.45, 2.75) is 50.7 Å². The maximum absolute atomic E-state index is 12.3. The fourth-order valence-corrected chi connectivity index (χ4v) is 4.46. The molecule has 2 fully saturated rings. The fraction of sp³-hybridized carbons (Fsp3) is 0.500. The molecule has 5 nitrogen and oxygen atoms in total. The molecule has 3 unspecified atom stereocenters. The molecule has 2 heterocycles. The highest BCUT2D eigenvalue weighted by Gasteiger charge is 2.45. The van der Waals surface area contributed by atoms with Crippen molar-refractivity contribution in [3.63, 3.8) is 0 Å². The van der Waals surface area contributed by atoms with Crippen LogP contribution in [0.1, 0.15) is 37.9 Å². The number of benzene rings is 1. The second kappa shape index (κ2) is 7.00. The van der Waals surface area contributed by atoms with Crippen LogP contribution in [0, 0.1) is 5.92 Å². The highest BCUT2D eigenvalue weighted by molar-refractivity contribution is 5.76. The average Bonchev–Trinajstić information content (AvgIpc) is 3.27. The Hall–Kier alpha value is -2.14. The zero-order chi connectivity index (χ0) is 17.2. The first-order valence-corrected chi connectivity index (χ1v) is 9.11. The van der Waals surface area contributed by atoms with Crippen molar-refractivity contribution >= 4 is 5.97 Å². The molecule has 1 saturated heterocycles. The number of esters is 1. The molecular weight excluding hydrogens is 316 g/mol. The Morgan fingerprint density at radius 3 is 2.88 bits per heavy atom. The van der Waals surface area contributed by atoms with E-state index in [1.165, 1.54) is 26.4 Å². The zero-order valence-electron chi connectivity index (χ0n) is 14.6. The van der Waals surface area contributed by atoms with Gasteiger partial charge in [0.15, 0.2) is 5.76 Å². The standard InChI is InChI=1S/C20H24N2O3/c1-24-20(23)19-11-15-9-5-6-10-18(15)22(19)13-16-12-17(21-25-16)14-7-3-2-4-8-14/h2-4,7-8,12,15,18-19H,5-6,9-11,13H2,1H3. The summed E-state index contributed by atoms with van der Waals surface area (Å²) in [5, 5.41) is 4.20. The van der Waals surface area contributed by atoms with Crippen LogP contribution in [0.25, 0.3) is 11.3 Å². The molecule has 0 radical (unpaired) electrons. The largest absolute Gasteiger partial charge is 0.468 e. The molecule has 5 heteroatoms. The van der Waals surface area contributed by atoms with Gasteiger partial charge in [0.1, 0.15) is 11.7 Å². The van der Waals surface area contributed by atoms with E-state index in [1.54, 1.807) is 0 Å². The molecular formula is C20H24N2O3. The highest BCUT2D eigenvalue weighted by atomic mass is 16.5. The van der Waals surface area contributed by atoms with Crippen molar-refractivity contribution in [2.75, 3.05) is 7.11 Å². The third kappa shape index (κ3) is 3.21. The van der Waals surface area contributed by atoms with Crippen LogP contribution in [0.5, 0.6) is 0 Å². The number of hydrogen-bond acceptors (Lipinski definition) is 5. The van der Waals surface area contributed by atoms with Gasteiger partial charge in [-0.15, -0.1) is 0 Å². The molecule has 4 rings (SSSR count). The summed E-state index contributed by atoms with van der Waals surface area (Å²) in [7, 11) is 1.48. The third-order valence-electron chi connectivity index (χ3n) is 5.66. The normalized spacial score (nSPS) is 26.4. The summed E-state index contributed by atoms with van der Waals surface area (Å²) >= 11 is 0. The number of methoxy groups -OCH3 is 1. The number of carbonyl (C=O) groups excluding carboxylic acids is 1. The molecule has 0 spiro atoms. The number of likely N-dealkylation sites (tertiary alicyclic amines) is 1. The van der Waals surface area contributed by atoms with Crippen molar-refractivity contribution in [3.8, 4) is 11.3 Å². The van der Waals surface area contributed by atoms with Gasteiger partial charge in [-0.3, -0.25) is 9.69 Å². The van der Waals surface area contributed by atoms with E-state index in [2.05, 4.69) is 10.1 Å². The van der Waals surface area contributed by atoms with Gasteiger partial charge >= 0.3 is 5.97 Å². The van der Waals surface area contributed by atoms with E-state index in [9.17, 15) is 4.79 Å². The van der Waals surface area contributed by atoms with Crippen molar-refractivity contribution < 1.29 is 14.1 Å². The summed E-state index contributed by atoms with van der Waals surface area (Å²) in [6.45, 7) is 0.612. The van der Waals surface area contributed by atoms with Gasteiger partial charge in [-0.2, -0.15) is 0 Å². The fourth-order valence-electron chi connectivity index (χ4n) is 4.46. The average molecular weight is 340 g/mol. The minimum atomic E-state index is -0.164. The van der Waals surface area contributed by atoms with Gasteiger partial charge < -0.3 is 9.26 Å². The van der Waals surface area contributed by atoms with E-state index in [0.29, 0.717) is 18.5 Å². The van der Waals surface area contributed by atoms with Gasteiger partial charge in [-0.05, 0) is 25.2 Å². The number of ether oxygens (including phenoxy) is 1. The van der Waals surface area contributed by atoms with E-state index in [0.717, 1.165) is 29.9 Å². The maximum Gasteiger partial charge on any atom is 0.323 e. The van der Waals surface area contributed by atoms with E-state index in [1.807, 2.05) is 36.4 Å². The van der Waals surface area contributed by atoms with Gasteiger partial charge in [0.2, 0.25) is 0 Å². The first-order valence-electron chi connectivity index (χ1n) is 9.11. The van der Waals surface area contributed by atoms with Crippen molar-refractivity contribution in [1.82, 2.24) is 10.1 Å². The van der Waals surface area contributed by atoms with Gasteiger partial charge in [-0.25, -0.2) is 0 Å². The Morgan fingerprint density at radius 2 is 2.08 bits per heavy atom. The number of carbonyl (C=O) groups is 1. The summed E-state index contributed by atoms with van der Waals surface area (Å²) in [5.74, 6) is 1.27. The molecule has 2 aliphatic rings. The first kappa shape index (κ1) is 16.3. The predicted octanol–water partition coefficient (Wildman–Crippen LogP) is 3.65. The van der Waals surface area contributed by atoms with Gasteiger partial charge in [0, 0.05) is 17.7 Å². The summed E-state index contributed by atoms with van der Waals surface area (Å²) in [6, 6.07) is 12.3. The van der Waals surface area contributed by atoms with Crippen LogP contribution >= 0.6 is 0 Å². The lowest BCUT2D eigenvalue weighted by molar-refractivity contribution is -0.146. The van der Waals surface area contributed by atoms with Crippen LogP contribution in [0.2, 0.25) is 0 Å². The quantitative estimate of drug-likeness (QED) is 0.795. The molecule has 1 aromatic heterocycles. The van der Waals surface area contributed by atoms with Crippen LogP contribution in [-0.4, -0.2) is 35.2 Å². The number of fused-ring (bicyclic) bond motifs is 1. The molecule has 1 aliphatic carbocycles. The van der Waals surface area contributed by atoms with E-state index in [4.69, 9.17) is 9.26 Å². The highest BCUT2D eigenvalue weighted by Crippen LogP contribution is 2.41.